The fraction of sp³-hybridized carbons (Fsp3) is 0.182. The lowest BCUT2D eigenvalue weighted by atomic mass is 10.1. The number of allylic oxidation sites excluding steroid dienone is 2. The molecule has 0 aromatic heterocycles. The first kappa shape index (κ1) is 9.34. The smallest absolute Gasteiger partial charge is 0.0968 e. The number of hydrogen-bond donors (Lipinski definition) is 1. The molecule has 0 saturated heterocycles. The highest BCUT2D eigenvalue weighted by Gasteiger charge is 1.99. The predicted octanol–water partition coefficient (Wildman–Crippen LogP) is 1.99. The number of hydrogen-bond acceptors (Lipinski definition) is 2. The van der Waals surface area contributed by atoms with Gasteiger partial charge in [-0.05, 0) is 12.5 Å². The molecular formula is C11H12N2. The first-order valence-electron chi connectivity index (χ1n) is 4.13. The Morgan fingerprint density at radius 1 is 1.38 bits per heavy atom. The summed E-state index contributed by atoms with van der Waals surface area (Å²) in [4.78, 5) is 0. The van der Waals surface area contributed by atoms with Crippen LogP contribution in [0.15, 0.2) is 41.6 Å². The summed E-state index contributed by atoms with van der Waals surface area (Å²) in [5.74, 6) is 0. The average molecular weight is 172 g/mol. The molecule has 0 bridgehead atoms. The van der Waals surface area contributed by atoms with Gasteiger partial charge in [0.1, 0.15) is 0 Å². The first-order chi connectivity index (χ1) is 6.24. The number of nitrogens with zero attached hydrogens (tertiary/aromatic N) is 1. The minimum atomic E-state index is 0.603. The maximum atomic E-state index is 8.77. The van der Waals surface area contributed by atoms with E-state index in [0.29, 0.717) is 17.7 Å². The molecule has 0 aliphatic rings. The van der Waals surface area contributed by atoms with E-state index in [1.807, 2.05) is 30.3 Å². The number of benzene rings is 1. The normalized spacial score (nSPS) is 11.7. The molecule has 0 aliphatic carbocycles. The van der Waals surface area contributed by atoms with E-state index in [1.54, 1.807) is 6.92 Å². The minimum Gasteiger partial charge on any atom is -0.401 e. The van der Waals surface area contributed by atoms with Gasteiger partial charge in [-0.25, -0.2) is 0 Å². The Morgan fingerprint density at radius 3 is 2.46 bits per heavy atom. The van der Waals surface area contributed by atoms with E-state index in [4.69, 9.17) is 11.0 Å². The van der Waals surface area contributed by atoms with Gasteiger partial charge in [-0.1, -0.05) is 30.3 Å². The van der Waals surface area contributed by atoms with Crippen LogP contribution in [0, 0.1) is 11.3 Å². The zero-order chi connectivity index (χ0) is 9.68. The van der Waals surface area contributed by atoms with Gasteiger partial charge < -0.3 is 5.73 Å². The molecule has 0 atom stereocenters. The fourth-order valence-corrected chi connectivity index (χ4v) is 1.07. The average Bonchev–Trinajstić information content (AvgIpc) is 2.15. The van der Waals surface area contributed by atoms with E-state index >= 15 is 0 Å². The lowest BCUT2D eigenvalue weighted by molar-refractivity contribution is 1.12. The molecule has 0 heterocycles. The van der Waals surface area contributed by atoms with Crippen LogP contribution >= 0.6 is 0 Å². The highest BCUT2D eigenvalue weighted by molar-refractivity contribution is 5.32. The molecule has 2 nitrogen and oxygen atoms in total. The van der Waals surface area contributed by atoms with E-state index in [0.717, 1.165) is 5.56 Å². The monoisotopic (exact) mass is 172 g/mol. The minimum absolute atomic E-state index is 0.603. The van der Waals surface area contributed by atoms with Gasteiger partial charge in [0.05, 0.1) is 11.6 Å². The largest absolute Gasteiger partial charge is 0.401 e. The summed E-state index contributed by atoms with van der Waals surface area (Å²) in [6, 6.07) is 11.9. The van der Waals surface area contributed by atoms with E-state index in [2.05, 4.69) is 6.07 Å². The molecule has 13 heavy (non-hydrogen) atoms. The number of rotatable bonds is 2. The van der Waals surface area contributed by atoms with Crippen molar-refractivity contribution in [3.63, 3.8) is 0 Å². The second kappa shape index (κ2) is 4.32. The summed E-state index contributed by atoms with van der Waals surface area (Å²) in [5.41, 5.74) is 7.91. The predicted molar refractivity (Wildman–Crippen MR) is 52.6 cm³/mol. The second-order valence-corrected chi connectivity index (χ2v) is 2.94. The van der Waals surface area contributed by atoms with Crippen molar-refractivity contribution < 1.29 is 0 Å². The van der Waals surface area contributed by atoms with Crippen molar-refractivity contribution in [1.29, 1.82) is 5.26 Å². The van der Waals surface area contributed by atoms with Crippen molar-refractivity contribution in [2.24, 2.45) is 5.73 Å². The van der Waals surface area contributed by atoms with Crippen LogP contribution in [-0.2, 0) is 6.42 Å². The van der Waals surface area contributed by atoms with Crippen LogP contribution in [0.4, 0.5) is 0 Å². The first-order valence-corrected chi connectivity index (χ1v) is 4.13. The molecule has 1 aromatic rings. The summed E-state index contributed by atoms with van der Waals surface area (Å²) in [7, 11) is 0. The van der Waals surface area contributed by atoms with Crippen molar-refractivity contribution in [2.75, 3.05) is 0 Å². The standard InChI is InChI=1S/C11H12N2/c1-9(13)11(8-12)7-10-5-3-2-4-6-10/h2-6H,7,13H2,1H3/b11-9+. The van der Waals surface area contributed by atoms with Gasteiger partial charge >= 0.3 is 0 Å². The molecule has 0 fully saturated rings. The third kappa shape index (κ3) is 2.64. The summed E-state index contributed by atoms with van der Waals surface area (Å²) in [5, 5.41) is 8.77. The van der Waals surface area contributed by atoms with Gasteiger partial charge in [0.2, 0.25) is 0 Å². The molecule has 0 saturated carbocycles. The quantitative estimate of drug-likeness (QED) is 0.693. The molecule has 1 rings (SSSR count). The molecule has 0 unspecified atom stereocenters. The maximum absolute atomic E-state index is 8.77. The maximum Gasteiger partial charge on any atom is 0.0968 e. The zero-order valence-electron chi connectivity index (χ0n) is 7.62. The van der Waals surface area contributed by atoms with Gasteiger partial charge in [0.15, 0.2) is 0 Å². The molecule has 1 aromatic carbocycles. The molecule has 2 heteroatoms. The van der Waals surface area contributed by atoms with Gasteiger partial charge in [-0.15, -0.1) is 0 Å². The molecule has 2 N–H and O–H groups in total. The third-order valence-corrected chi connectivity index (χ3v) is 1.83. The number of nitriles is 1. The molecule has 0 aliphatic heterocycles. The topological polar surface area (TPSA) is 49.8 Å². The van der Waals surface area contributed by atoms with E-state index in [-0.39, 0.29) is 0 Å². The van der Waals surface area contributed by atoms with Crippen molar-refractivity contribution in [2.45, 2.75) is 13.3 Å². The third-order valence-electron chi connectivity index (χ3n) is 1.83. The van der Waals surface area contributed by atoms with Crippen LogP contribution in [0.25, 0.3) is 0 Å². The Hall–Kier alpha value is -1.75. The Balaban J connectivity index is 2.82. The highest BCUT2D eigenvalue weighted by atomic mass is 14.6. The van der Waals surface area contributed by atoms with Crippen molar-refractivity contribution >= 4 is 0 Å². The molecular weight excluding hydrogens is 160 g/mol. The van der Waals surface area contributed by atoms with Gasteiger partial charge in [0.25, 0.3) is 0 Å². The Kier molecular flexibility index (Phi) is 3.10. The highest BCUT2D eigenvalue weighted by Crippen LogP contribution is 2.08. The van der Waals surface area contributed by atoms with E-state index in [9.17, 15) is 0 Å². The molecule has 66 valence electrons. The van der Waals surface area contributed by atoms with Crippen LogP contribution in [0.3, 0.4) is 0 Å². The van der Waals surface area contributed by atoms with E-state index in [1.165, 1.54) is 0 Å². The summed E-state index contributed by atoms with van der Waals surface area (Å²) in [6.07, 6.45) is 0.625. The van der Waals surface area contributed by atoms with Crippen LogP contribution in [0.2, 0.25) is 0 Å². The van der Waals surface area contributed by atoms with Crippen LogP contribution in [0.5, 0.6) is 0 Å². The van der Waals surface area contributed by atoms with E-state index < -0.39 is 0 Å². The summed E-state index contributed by atoms with van der Waals surface area (Å²) >= 11 is 0. The van der Waals surface area contributed by atoms with Crippen LogP contribution in [0.1, 0.15) is 12.5 Å². The van der Waals surface area contributed by atoms with Gasteiger partial charge in [-0.2, -0.15) is 5.26 Å². The Morgan fingerprint density at radius 2 is 2.00 bits per heavy atom. The SMILES string of the molecule is C/C(N)=C(\C#N)Cc1ccccc1. The Labute approximate surface area is 78.3 Å². The molecule has 0 spiro atoms. The van der Waals surface area contributed by atoms with Crippen LogP contribution < -0.4 is 5.73 Å². The summed E-state index contributed by atoms with van der Waals surface area (Å²) < 4.78 is 0. The van der Waals surface area contributed by atoms with Crippen molar-refractivity contribution in [3.05, 3.63) is 47.2 Å². The van der Waals surface area contributed by atoms with Crippen molar-refractivity contribution in [3.8, 4) is 6.07 Å². The Bertz CT molecular complexity index is 340. The van der Waals surface area contributed by atoms with Crippen LogP contribution in [-0.4, -0.2) is 0 Å². The lowest BCUT2D eigenvalue weighted by Crippen LogP contribution is -1.99. The molecule has 0 amide bonds. The lowest BCUT2D eigenvalue weighted by Gasteiger charge is -2.00. The molecule has 0 radical (unpaired) electrons. The summed E-state index contributed by atoms with van der Waals surface area (Å²) in [6.45, 7) is 1.75. The zero-order valence-corrected chi connectivity index (χ0v) is 7.62. The fourth-order valence-electron chi connectivity index (χ4n) is 1.07. The second-order valence-electron chi connectivity index (χ2n) is 2.94. The van der Waals surface area contributed by atoms with Gasteiger partial charge in [0, 0.05) is 12.1 Å². The van der Waals surface area contributed by atoms with Crippen molar-refractivity contribution in [1.82, 2.24) is 0 Å². The van der Waals surface area contributed by atoms with Gasteiger partial charge in [-0.3, -0.25) is 0 Å². The number of nitrogens with two attached hydrogens (primary N) is 1.